The molecule has 0 saturated carbocycles. The lowest BCUT2D eigenvalue weighted by molar-refractivity contribution is 0.0991. The monoisotopic (exact) mass is 242 g/mol. The van der Waals surface area contributed by atoms with Crippen LogP contribution < -0.4 is 4.74 Å². The Hall–Kier alpha value is -2.23. The number of benzene rings is 1. The maximum atomic E-state index is 12.0. The SMILES string of the molecule is COc1ccc(CC(=O)c2ccc(C)cc2)nn1. The molecule has 0 aliphatic carbocycles. The van der Waals surface area contributed by atoms with Crippen LogP contribution in [0.25, 0.3) is 0 Å². The van der Waals surface area contributed by atoms with Gasteiger partial charge in [-0.15, -0.1) is 5.10 Å². The second-order valence-corrected chi connectivity index (χ2v) is 4.03. The highest BCUT2D eigenvalue weighted by atomic mass is 16.5. The average molecular weight is 242 g/mol. The van der Waals surface area contributed by atoms with E-state index in [1.54, 1.807) is 12.1 Å². The third-order valence-corrected chi connectivity index (χ3v) is 2.62. The van der Waals surface area contributed by atoms with Gasteiger partial charge in [0.05, 0.1) is 19.2 Å². The lowest BCUT2D eigenvalue weighted by atomic mass is 10.1. The van der Waals surface area contributed by atoms with Crippen LogP contribution in [0.5, 0.6) is 5.88 Å². The average Bonchev–Trinajstić information content (AvgIpc) is 2.40. The highest BCUT2D eigenvalue weighted by molar-refractivity contribution is 5.97. The molecule has 92 valence electrons. The maximum absolute atomic E-state index is 12.0. The fourth-order valence-electron chi connectivity index (χ4n) is 1.56. The Labute approximate surface area is 106 Å². The zero-order valence-electron chi connectivity index (χ0n) is 10.4. The molecule has 4 nitrogen and oxygen atoms in total. The number of nitrogens with zero attached hydrogens (tertiary/aromatic N) is 2. The van der Waals surface area contributed by atoms with E-state index in [0.717, 1.165) is 5.56 Å². The lowest BCUT2D eigenvalue weighted by Crippen LogP contribution is -2.06. The Balaban J connectivity index is 2.08. The number of carbonyl (C=O) groups excluding carboxylic acids is 1. The molecule has 4 heteroatoms. The summed E-state index contributed by atoms with van der Waals surface area (Å²) >= 11 is 0. The van der Waals surface area contributed by atoms with E-state index in [2.05, 4.69) is 10.2 Å². The predicted octanol–water partition coefficient (Wildman–Crippen LogP) is 2.22. The third kappa shape index (κ3) is 2.91. The van der Waals surface area contributed by atoms with Gasteiger partial charge in [-0.2, -0.15) is 5.10 Å². The van der Waals surface area contributed by atoms with Gasteiger partial charge in [-0.1, -0.05) is 29.8 Å². The minimum absolute atomic E-state index is 0.0365. The topological polar surface area (TPSA) is 52.1 Å². The standard InChI is InChI=1S/C14H14N2O2/c1-10-3-5-11(6-4-10)13(17)9-12-7-8-14(18-2)16-15-12/h3-8H,9H2,1-2H3. The molecule has 0 N–H and O–H groups in total. The summed E-state index contributed by atoms with van der Waals surface area (Å²) < 4.78 is 4.91. The van der Waals surface area contributed by atoms with Crippen LogP contribution in [0.3, 0.4) is 0 Å². The molecule has 0 atom stereocenters. The zero-order valence-corrected chi connectivity index (χ0v) is 10.4. The second-order valence-electron chi connectivity index (χ2n) is 4.03. The largest absolute Gasteiger partial charge is 0.480 e. The van der Waals surface area contributed by atoms with Crippen molar-refractivity contribution in [3.63, 3.8) is 0 Å². The van der Waals surface area contributed by atoms with Gasteiger partial charge in [0.1, 0.15) is 0 Å². The molecule has 0 aliphatic heterocycles. The molecule has 1 aromatic carbocycles. The van der Waals surface area contributed by atoms with Crippen LogP contribution in [0.15, 0.2) is 36.4 Å². The molecule has 0 saturated heterocycles. The number of Topliss-reactive ketones (excluding diaryl/α,β-unsaturated/α-hetero) is 1. The first kappa shape index (κ1) is 12.2. The van der Waals surface area contributed by atoms with Gasteiger partial charge in [-0.05, 0) is 13.0 Å². The Bertz CT molecular complexity index is 533. The van der Waals surface area contributed by atoms with Gasteiger partial charge in [0, 0.05) is 11.6 Å². The van der Waals surface area contributed by atoms with Crippen molar-refractivity contribution < 1.29 is 9.53 Å². The predicted molar refractivity (Wildman–Crippen MR) is 67.8 cm³/mol. The number of rotatable bonds is 4. The number of aromatic nitrogens is 2. The summed E-state index contributed by atoms with van der Waals surface area (Å²) in [6.45, 7) is 1.99. The first-order valence-electron chi connectivity index (χ1n) is 5.65. The van der Waals surface area contributed by atoms with Gasteiger partial charge >= 0.3 is 0 Å². The second kappa shape index (κ2) is 5.40. The van der Waals surface area contributed by atoms with E-state index in [0.29, 0.717) is 17.1 Å². The summed E-state index contributed by atoms with van der Waals surface area (Å²) in [4.78, 5) is 12.0. The molecule has 2 rings (SSSR count). The van der Waals surface area contributed by atoms with E-state index in [1.807, 2.05) is 31.2 Å². The smallest absolute Gasteiger partial charge is 0.233 e. The van der Waals surface area contributed by atoms with E-state index in [9.17, 15) is 4.79 Å². The minimum Gasteiger partial charge on any atom is -0.480 e. The number of hydrogen-bond donors (Lipinski definition) is 0. The summed E-state index contributed by atoms with van der Waals surface area (Å²) in [5, 5.41) is 7.77. The van der Waals surface area contributed by atoms with Gasteiger partial charge in [0.2, 0.25) is 5.88 Å². The highest BCUT2D eigenvalue weighted by Crippen LogP contribution is 2.09. The fraction of sp³-hybridized carbons (Fsp3) is 0.214. The fourth-order valence-corrected chi connectivity index (χ4v) is 1.56. The number of hydrogen-bond acceptors (Lipinski definition) is 4. The highest BCUT2D eigenvalue weighted by Gasteiger charge is 2.08. The van der Waals surface area contributed by atoms with E-state index in [1.165, 1.54) is 7.11 Å². The molecule has 0 unspecified atom stereocenters. The molecule has 18 heavy (non-hydrogen) atoms. The molecule has 1 aromatic heterocycles. The number of ketones is 1. The maximum Gasteiger partial charge on any atom is 0.233 e. The summed E-state index contributed by atoms with van der Waals surface area (Å²) in [5.74, 6) is 0.482. The van der Waals surface area contributed by atoms with Crippen molar-refractivity contribution in [3.8, 4) is 5.88 Å². The molecule has 0 amide bonds. The molecule has 0 aliphatic rings. The molecule has 0 bridgehead atoms. The van der Waals surface area contributed by atoms with Crippen molar-refractivity contribution in [3.05, 3.63) is 53.2 Å². The van der Waals surface area contributed by atoms with Crippen molar-refractivity contribution in [1.82, 2.24) is 10.2 Å². The normalized spacial score (nSPS) is 10.1. The molecule has 1 heterocycles. The van der Waals surface area contributed by atoms with Gasteiger partial charge < -0.3 is 4.74 Å². The molecule has 2 aromatic rings. The summed E-state index contributed by atoms with van der Waals surface area (Å²) in [7, 11) is 1.53. The van der Waals surface area contributed by atoms with E-state index in [4.69, 9.17) is 4.74 Å². The van der Waals surface area contributed by atoms with Crippen LogP contribution in [-0.2, 0) is 6.42 Å². The van der Waals surface area contributed by atoms with Crippen molar-refractivity contribution in [2.24, 2.45) is 0 Å². The summed E-state index contributed by atoms with van der Waals surface area (Å²) in [6, 6.07) is 11.0. The van der Waals surface area contributed by atoms with E-state index < -0.39 is 0 Å². The zero-order chi connectivity index (χ0) is 13.0. The lowest BCUT2D eigenvalue weighted by Gasteiger charge is -2.02. The van der Waals surface area contributed by atoms with Crippen LogP contribution in [0.2, 0.25) is 0 Å². The summed E-state index contributed by atoms with van der Waals surface area (Å²) in [5.41, 5.74) is 2.47. The van der Waals surface area contributed by atoms with E-state index >= 15 is 0 Å². The van der Waals surface area contributed by atoms with Gasteiger partial charge in [0.15, 0.2) is 5.78 Å². The van der Waals surface area contributed by atoms with Gasteiger partial charge in [-0.3, -0.25) is 4.79 Å². The Kier molecular flexibility index (Phi) is 3.67. The first-order chi connectivity index (χ1) is 8.69. The molecule has 0 spiro atoms. The van der Waals surface area contributed by atoms with E-state index in [-0.39, 0.29) is 12.2 Å². The number of ether oxygens (including phenoxy) is 1. The number of methoxy groups -OCH3 is 1. The number of aryl methyl sites for hydroxylation is 1. The van der Waals surface area contributed by atoms with Crippen molar-refractivity contribution in [2.45, 2.75) is 13.3 Å². The van der Waals surface area contributed by atoms with Crippen molar-refractivity contribution >= 4 is 5.78 Å². The minimum atomic E-state index is 0.0365. The number of carbonyl (C=O) groups is 1. The van der Waals surface area contributed by atoms with Crippen LogP contribution in [0.4, 0.5) is 0 Å². The Morgan fingerprint density at radius 3 is 2.39 bits per heavy atom. The van der Waals surface area contributed by atoms with Crippen LogP contribution in [0.1, 0.15) is 21.6 Å². The Morgan fingerprint density at radius 2 is 1.83 bits per heavy atom. The van der Waals surface area contributed by atoms with Crippen LogP contribution >= 0.6 is 0 Å². The van der Waals surface area contributed by atoms with Gasteiger partial charge in [0.25, 0.3) is 0 Å². The summed E-state index contributed by atoms with van der Waals surface area (Å²) in [6.07, 6.45) is 0.250. The Morgan fingerprint density at radius 1 is 1.11 bits per heavy atom. The van der Waals surface area contributed by atoms with Crippen molar-refractivity contribution in [1.29, 1.82) is 0 Å². The van der Waals surface area contributed by atoms with Crippen LogP contribution in [-0.4, -0.2) is 23.1 Å². The molecular formula is C14H14N2O2. The van der Waals surface area contributed by atoms with Crippen molar-refractivity contribution in [2.75, 3.05) is 7.11 Å². The van der Waals surface area contributed by atoms with Crippen LogP contribution in [0, 0.1) is 6.92 Å². The van der Waals surface area contributed by atoms with Gasteiger partial charge in [-0.25, -0.2) is 0 Å². The molecule has 0 radical (unpaired) electrons. The first-order valence-corrected chi connectivity index (χ1v) is 5.65. The molecule has 0 fully saturated rings. The quantitative estimate of drug-likeness (QED) is 0.771. The molecular weight excluding hydrogens is 228 g/mol. The third-order valence-electron chi connectivity index (χ3n) is 2.62.